The van der Waals surface area contributed by atoms with Gasteiger partial charge in [-0.25, -0.2) is 0 Å². The third-order valence-corrected chi connectivity index (χ3v) is 5.50. The molecular weight excluding hydrogens is 436 g/mol. The summed E-state index contributed by atoms with van der Waals surface area (Å²) in [6.07, 6.45) is -7.85. The maximum atomic E-state index is 13.0. The highest BCUT2D eigenvalue weighted by atomic mass is 19.4. The summed E-state index contributed by atoms with van der Waals surface area (Å²) in [6.45, 7) is 0.882. The number of halogens is 6. The number of nitrogens with two attached hydrogens (primary N) is 1. The lowest BCUT2D eigenvalue weighted by molar-refractivity contribution is -0.138. The van der Waals surface area contributed by atoms with Crippen LogP contribution in [0.5, 0.6) is 0 Å². The Morgan fingerprint density at radius 2 is 1.50 bits per heavy atom. The number of carbonyl (C=O) groups excluding carboxylic acids is 1. The highest BCUT2D eigenvalue weighted by molar-refractivity contribution is 5.79. The number of carbonyl (C=O) groups is 1. The molecule has 3 N–H and O–H groups in total. The molecule has 1 saturated heterocycles. The number of nitrogens with one attached hydrogen (secondary N) is 1. The van der Waals surface area contributed by atoms with Gasteiger partial charge >= 0.3 is 12.4 Å². The number of piperidine rings is 1. The highest BCUT2D eigenvalue weighted by Gasteiger charge is 2.32. The predicted octanol–water partition coefficient (Wildman–Crippen LogP) is 4.83. The van der Waals surface area contributed by atoms with Gasteiger partial charge in [0.1, 0.15) is 0 Å². The van der Waals surface area contributed by atoms with Crippen molar-refractivity contribution in [2.75, 3.05) is 18.4 Å². The molecule has 3 rings (SSSR count). The Balaban J connectivity index is 1.57. The summed E-state index contributed by atoms with van der Waals surface area (Å²) in [5.41, 5.74) is 5.50. The topological polar surface area (TPSA) is 58.4 Å². The lowest BCUT2D eigenvalue weighted by Gasteiger charge is -2.33. The zero-order valence-corrected chi connectivity index (χ0v) is 17.1. The van der Waals surface area contributed by atoms with E-state index < -0.39 is 23.5 Å². The molecule has 1 aliphatic heterocycles. The van der Waals surface area contributed by atoms with Crippen molar-refractivity contribution in [3.8, 4) is 0 Å². The first kappa shape index (κ1) is 23.9. The Kier molecular flexibility index (Phi) is 7.02. The van der Waals surface area contributed by atoms with Crippen molar-refractivity contribution in [2.24, 2.45) is 5.73 Å². The van der Waals surface area contributed by atoms with E-state index in [4.69, 9.17) is 5.73 Å². The number of nitrogens with zero attached hydrogens (tertiary/aromatic N) is 1. The summed E-state index contributed by atoms with van der Waals surface area (Å²) in [5, 5.41) is 3.12. The van der Waals surface area contributed by atoms with E-state index in [2.05, 4.69) is 5.32 Å². The fourth-order valence-electron chi connectivity index (χ4n) is 3.66. The van der Waals surface area contributed by atoms with Gasteiger partial charge in [-0.2, -0.15) is 26.3 Å². The van der Waals surface area contributed by atoms with Crippen LogP contribution in [-0.4, -0.2) is 29.9 Å². The van der Waals surface area contributed by atoms with Crippen LogP contribution in [0.15, 0.2) is 42.5 Å². The molecule has 1 fully saturated rings. The van der Waals surface area contributed by atoms with Crippen molar-refractivity contribution < 1.29 is 31.1 Å². The maximum Gasteiger partial charge on any atom is 0.416 e. The smallest absolute Gasteiger partial charge is 0.382 e. The summed E-state index contributed by atoms with van der Waals surface area (Å²) in [4.78, 5) is 14.1. The van der Waals surface area contributed by atoms with Gasteiger partial charge in [0.25, 0.3) is 0 Å². The largest absolute Gasteiger partial charge is 0.416 e. The molecule has 1 amide bonds. The molecule has 0 aliphatic carbocycles. The van der Waals surface area contributed by atoms with E-state index in [0.717, 1.165) is 24.3 Å². The van der Waals surface area contributed by atoms with Gasteiger partial charge in [-0.15, -0.1) is 0 Å². The van der Waals surface area contributed by atoms with Crippen LogP contribution in [-0.2, 0) is 30.1 Å². The molecule has 0 bridgehead atoms. The van der Waals surface area contributed by atoms with Crippen molar-refractivity contribution >= 4 is 11.6 Å². The Morgan fingerprint density at radius 3 is 2.03 bits per heavy atom. The number of hydrogen-bond acceptors (Lipinski definition) is 3. The molecule has 0 unspecified atom stereocenters. The lowest BCUT2D eigenvalue weighted by atomic mass is 10.0. The van der Waals surface area contributed by atoms with Gasteiger partial charge in [-0.1, -0.05) is 18.2 Å². The van der Waals surface area contributed by atoms with Crippen molar-refractivity contribution in [1.29, 1.82) is 0 Å². The number of rotatable bonds is 5. The molecule has 4 nitrogen and oxygen atoms in total. The normalized spacial score (nSPS) is 15.7. The van der Waals surface area contributed by atoms with Gasteiger partial charge in [0.2, 0.25) is 5.91 Å². The highest BCUT2D eigenvalue weighted by Crippen LogP contribution is 2.33. The monoisotopic (exact) mass is 459 g/mol. The SMILES string of the molecule is NCc1ccc(C(F)(F)F)cc1NC1CCN(C(=O)Cc2ccc(C(F)(F)F)cc2)CC1. The van der Waals surface area contributed by atoms with Crippen LogP contribution >= 0.6 is 0 Å². The molecule has 32 heavy (non-hydrogen) atoms. The van der Waals surface area contributed by atoms with E-state index in [9.17, 15) is 31.1 Å². The summed E-state index contributed by atoms with van der Waals surface area (Å²) in [7, 11) is 0. The first-order valence-electron chi connectivity index (χ1n) is 10.1. The van der Waals surface area contributed by atoms with Crippen LogP contribution < -0.4 is 11.1 Å². The Hall–Kier alpha value is -2.75. The molecule has 0 atom stereocenters. The second-order valence-corrected chi connectivity index (χ2v) is 7.74. The van der Waals surface area contributed by atoms with Gasteiger partial charge < -0.3 is 16.0 Å². The van der Waals surface area contributed by atoms with E-state index in [-0.39, 0.29) is 24.9 Å². The summed E-state index contributed by atoms with van der Waals surface area (Å²) in [6, 6.07) is 7.74. The zero-order valence-electron chi connectivity index (χ0n) is 17.1. The average molecular weight is 459 g/mol. The van der Waals surface area contributed by atoms with Crippen LogP contribution in [0, 0.1) is 0 Å². The van der Waals surface area contributed by atoms with Gasteiger partial charge in [0.05, 0.1) is 17.5 Å². The molecule has 1 aliphatic rings. The molecular formula is C22H23F6N3O. The molecule has 2 aromatic carbocycles. The third kappa shape index (κ3) is 5.93. The quantitative estimate of drug-likeness (QED) is 0.630. The summed E-state index contributed by atoms with van der Waals surface area (Å²) < 4.78 is 77.0. The first-order valence-corrected chi connectivity index (χ1v) is 10.1. The molecule has 2 aromatic rings. The molecule has 0 radical (unpaired) electrons. The second-order valence-electron chi connectivity index (χ2n) is 7.74. The van der Waals surface area contributed by atoms with Crippen molar-refractivity contribution in [3.05, 3.63) is 64.7 Å². The number of anilines is 1. The standard InChI is InChI=1S/C22H23F6N3O/c23-21(24,25)16-4-1-14(2-5-16)11-20(32)31-9-7-18(8-10-31)30-19-12-17(22(26,27)28)6-3-15(19)13-29/h1-6,12,18,30H,7-11,13,29H2. The fourth-order valence-corrected chi connectivity index (χ4v) is 3.66. The Labute approximate surface area is 181 Å². The maximum absolute atomic E-state index is 13.0. The van der Waals surface area contributed by atoms with Gasteiger partial charge in [0.15, 0.2) is 0 Å². The van der Waals surface area contributed by atoms with E-state index >= 15 is 0 Å². The fraction of sp³-hybridized carbons (Fsp3) is 0.409. The van der Waals surface area contributed by atoms with Crippen molar-refractivity contribution in [3.63, 3.8) is 0 Å². The number of amides is 1. The molecule has 0 saturated carbocycles. The average Bonchev–Trinajstić information content (AvgIpc) is 2.73. The Bertz CT molecular complexity index is 932. The molecule has 10 heteroatoms. The Morgan fingerprint density at radius 1 is 0.938 bits per heavy atom. The predicted molar refractivity (Wildman–Crippen MR) is 108 cm³/mol. The molecule has 1 heterocycles. The molecule has 0 spiro atoms. The minimum Gasteiger partial charge on any atom is -0.382 e. The minimum absolute atomic E-state index is 0.0127. The number of benzene rings is 2. The van der Waals surface area contributed by atoms with Crippen LogP contribution in [0.2, 0.25) is 0 Å². The second kappa shape index (κ2) is 9.40. The van der Waals surface area contributed by atoms with Crippen molar-refractivity contribution in [2.45, 2.75) is 44.2 Å². The number of hydrogen-bond donors (Lipinski definition) is 2. The van der Waals surface area contributed by atoms with E-state index in [0.29, 0.717) is 42.7 Å². The van der Waals surface area contributed by atoms with E-state index in [1.807, 2.05) is 0 Å². The van der Waals surface area contributed by atoms with Gasteiger partial charge in [-0.05, 0) is 48.2 Å². The third-order valence-electron chi connectivity index (χ3n) is 5.50. The lowest BCUT2D eigenvalue weighted by Crippen LogP contribution is -2.43. The molecule has 0 aromatic heterocycles. The number of alkyl halides is 6. The first-order chi connectivity index (χ1) is 15.0. The van der Waals surface area contributed by atoms with E-state index in [1.54, 1.807) is 4.90 Å². The van der Waals surface area contributed by atoms with Crippen LogP contribution in [0.25, 0.3) is 0 Å². The van der Waals surface area contributed by atoms with Crippen LogP contribution in [0.3, 0.4) is 0 Å². The molecule has 174 valence electrons. The van der Waals surface area contributed by atoms with E-state index in [1.165, 1.54) is 18.2 Å². The summed E-state index contributed by atoms with van der Waals surface area (Å²) >= 11 is 0. The van der Waals surface area contributed by atoms with Gasteiger partial charge in [-0.3, -0.25) is 4.79 Å². The van der Waals surface area contributed by atoms with Gasteiger partial charge in [0, 0.05) is 31.4 Å². The minimum atomic E-state index is -4.46. The summed E-state index contributed by atoms with van der Waals surface area (Å²) in [5.74, 6) is -0.204. The zero-order chi connectivity index (χ0) is 23.5. The number of likely N-dealkylation sites (tertiary alicyclic amines) is 1. The van der Waals surface area contributed by atoms with Crippen molar-refractivity contribution in [1.82, 2.24) is 4.90 Å². The van der Waals surface area contributed by atoms with Crippen LogP contribution in [0.1, 0.15) is 35.1 Å². The van der Waals surface area contributed by atoms with Crippen LogP contribution in [0.4, 0.5) is 32.0 Å².